The first kappa shape index (κ1) is 11.5. The molecule has 5 nitrogen and oxygen atoms in total. The number of nitrogen functional groups attached to an aromatic ring is 1. The quantitative estimate of drug-likeness (QED) is 0.568. The number of nitrogens with zero attached hydrogens (tertiary/aromatic N) is 2. The van der Waals surface area contributed by atoms with Gasteiger partial charge in [-0.15, -0.1) is 0 Å². The normalized spacial score (nSPS) is 9.80. The van der Waals surface area contributed by atoms with Crippen LogP contribution in [0.3, 0.4) is 0 Å². The molecule has 1 amide bonds. The van der Waals surface area contributed by atoms with Crippen LogP contribution in [0.15, 0.2) is 18.3 Å². The smallest absolute Gasteiger partial charge is 0.257 e. The largest absolute Gasteiger partial charge is 0.339 e. The Hall–Kier alpha value is -1.62. The molecule has 0 atom stereocenters. The maximum atomic E-state index is 12.0. The second-order valence-corrected chi connectivity index (χ2v) is 3.02. The van der Waals surface area contributed by atoms with Crippen molar-refractivity contribution in [3.8, 4) is 0 Å². The first-order chi connectivity index (χ1) is 7.24. The molecule has 1 aromatic heterocycles. The summed E-state index contributed by atoms with van der Waals surface area (Å²) in [7, 11) is 0. The van der Waals surface area contributed by atoms with E-state index in [0.29, 0.717) is 24.5 Å². The molecule has 0 aromatic carbocycles. The molecule has 0 saturated heterocycles. The van der Waals surface area contributed by atoms with Crippen molar-refractivity contribution in [3.63, 3.8) is 0 Å². The molecule has 0 fully saturated rings. The SMILES string of the molecule is CCN(CC)C(=O)c1cccnc1NN. The molecule has 1 heterocycles. The summed E-state index contributed by atoms with van der Waals surface area (Å²) in [5, 5.41) is 0. The fourth-order valence-electron chi connectivity index (χ4n) is 1.37. The van der Waals surface area contributed by atoms with Crippen LogP contribution in [-0.4, -0.2) is 28.9 Å². The summed E-state index contributed by atoms with van der Waals surface area (Å²) in [6, 6.07) is 3.43. The Bertz CT molecular complexity index is 336. The van der Waals surface area contributed by atoms with E-state index in [1.807, 2.05) is 13.8 Å². The molecule has 1 rings (SSSR count). The first-order valence-corrected chi connectivity index (χ1v) is 4.95. The maximum absolute atomic E-state index is 12.0. The maximum Gasteiger partial charge on any atom is 0.257 e. The standard InChI is InChI=1S/C10H16N4O/c1-3-14(4-2)10(15)8-6-5-7-12-9(8)13-11/h5-7H,3-4,11H2,1-2H3,(H,12,13). The van der Waals surface area contributed by atoms with E-state index in [1.54, 1.807) is 23.2 Å². The Balaban J connectivity index is 2.99. The zero-order valence-electron chi connectivity index (χ0n) is 9.03. The topological polar surface area (TPSA) is 71.2 Å². The van der Waals surface area contributed by atoms with Crippen LogP contribution in [0.25, 0.3) is 0 Å². The van der Waals surface area contributed by atoms with Crippen molar-refractivity contribution in [1.29, 1.82) is 0 Å². The number of nitrogens with two attached hydrogens (primary N) is 1. The Morgan fingerprint density at radius 3 is 2.73 bits per heavy atom. The zero-order chi connectivity index (χ0) is 11.3. The Morgan fingerprint density at radius 1 is 1.53 bits per heavy atom. The van der Waals surface area contributed by atoms with E-state index in [4.69, 9.17) is 5.84 Å². The van der Waals surface area contributed by atoms with E-state index < -0.39 is 0 Å². The van der Waals surface area contributed by atoms with Gasteiger partial charge in [0.05, 0.1) is 5.56 Å². The molecular weight excluding hydrogens is 192 g/mol. The van der Waals surface area contributed by atoms with Crippen LogP contribution in [0, 0.1) is 0 Å². The number of carbonyl (C=O) groups is 1. The van der Waals surface area contributed by atoms with Crippen LogP contribution in [0.5, 0.6) is 0 Å². The number of rotatable bonds is 4. The summed E-state index contributed by atoms with van der Waals surface area (Å²) in [6.07, 6.45) is 1.59. The lowest BCUT2D eigenvalue weighted by Crippen LogP contribution is -2.31. The van der Waals surface area contributed by atoms with Crippen molar-refractivity contribution in [3.05, 3.63) is 23.9 Å². The summed E-state index contributed by atoms with van der Waals surface area (Å²) in [5.41, 5.74) is 2.92. The van der Waals surface area contributed by atoms with Gasteiger partial charge in [-0.25, -0.2) is 10.8 Å². The summed E-state index contributed by atoms with van der Waals surface area (Å²) >= 11 is 0. The molecule has 0 aliphatic carbocycles. The monoisotopic (exact) mass is 208 g/mol. The molecule has 0 bridgehead atoms. The summed E-state index contributed by atoms with van der Waals surface area (Å²) in [4.78, 5) is 17.7. The summed E-state index contributed by atoms with van der Waals surface area (Å²) < 4.78 is 0. The molecule has 5 heteroatoms. The van der Waals surface area contributed by atoms with Gasteiger partial charge >= 0.3 is 0 Å². The van der Waals surface area contributed by atoms with Crippen LogP contribution in [-0.2, 0) is 0 Å². The minimum Gasteiger partial charge on any atom is -0.339 e. The Morgan fingerprint density at radius 2 is 2.20 bits per heavy atom. The minimum absolute atomic E-state index is 0.0546. The second kappa shape index (κ2) is 5.31. The van der Waals surface area contributed by atoms with Crippen LogP contribution < -0.4 is 11.3 Å². The van der Waals surface area contributed by atoms with Crippen LogP contribution in [0.4, 0.5) is 5.82 Å². The molecule has 0 unspecified atom stereocenters. The van der Waals surface area contributed by atoms with E-state index in [1.165, 1.54) is 0 Å². The molecular formula is C10H16N4O. The molecule has 15 heavy (non-hydrogen) atoms. The highest BCUT2D eigenvalue weighted by atomic mass is 16.2. The van der Waals surface area contributed by atoms with Crippen LogP contribution >= 0.6 is 0 Å². The third-order valence-electron chi connectivity index (χ3n) is 2.23. The number of carbonyl (C=O) groups excluding carboxylic acids is 1. The van der Waals surface area contributed by atoms with Crippen molar-refractivity contribution in [2.45, 2.75) is 13.8 Å². The molecule has 0 radical (unpaired) electrons. The van der Waals surface area contributed by atoms with Gasteiger partial charge in [-0.3, -0.25) is 4.79 Å². The van der Waals surface area contributed by atoms with Crippen molar-refractivity contribution in [1.82, 2.24) is 9.88 Å². The number of anilines is 1. The van der Waals surface area contributed by atoms with Gasteiger partial charge in [-0.1, -0.05) is 0 Å². The first-order valence-electron chi connectivity index (χ1n) is 4.95. The van der Waals surface area contributed by atoms with Gasteiger partial charge in [0.1, 0.15) is 0 Å². The van der Waals surface area contributed by atoms with E-state index in [-0.39, 0.29) is 5.91 Å². The van der Waals surface area contributed by atoms with Gasteiger partial charge in [-0.05, 0) is 26.0 Å². The van der Waals surface area contributed by atoms with Gasteiger partial charge in [0.2, 0.25) is 0 Å². The minimum atomic E-state index is -0.0546. The number of hydrogen-bond acceptors (Lipinski definition) is 4. The average molecular weight is 208 g/mol. The summed E-state index contributed by atoms with van der Waals surface area (Å²) in [6.45, 7) is 5.23. The second-order valence-electron chi connectivity index (χ2n) is 3.02. The molecule has 0 spiro atoms. The van der Waals surface area contributed by atoms with E-state index in [0.717, 1.165) is 0 Å². The number of hydrazine groups is 1. The Kier molecular flexibility index (Phi) is 4.05. The molecule has 3 N–H and O–H groups in total. The van der Waals surface area contributed by atoms with Gasteiger partial charge in [0.15, 0.2) is 5.82 Å². The molecule has 0 aliphatic rings. The molecule has 0 aliphatic heterocycles. The fraction of sp³-hybridized carbons (Fsp3) is 0.400. The van der Waals surface area contributed by atoms with E-state index >= 15 is 0 Å². The number of nitrogens with one attached hydrogen (secondary N) is 1. The van der Waals surface area contributed by atoms with Gasteiger partial charge in [0, 0.05) is 19.3 Å². The summed E-state index contributed by atoms with van der Waals surface area (Å²) in [5.74, 6) is 5.65. The number of pyridine rings is 1. The molecule has 82 valence electrons. The van der Waals surface area contributed by atoms with Gasteiger partial charge < -0.3 is 10.3 Å². The van der Waals surface area contributed by atoms with Crippen molar-refractivity contribution < 1.29 is 4.79 Å². The van der Waals surface area contributed by atoms with Crippen LogP contribution in [0.1, 0.15) is 24.2 Å². The molecule has 1 aromatic rings. The lowest BCUT2D eigenvalue weighted by Gasteiger charge is -2.19. The van der Waals surface area contributed by atoms with Gasteiger partial charge in [0.25, 0.3) is 5.91 Å². The number of hydrogen-bond donors (Lipinski definition) is 2. The van der Waals surface area contributed by atoms with Crippen molar-refractivity contribution in [2.75, 3.05) is 18.5 Å². The average Bonchev–Trinajstić information content (AvgIpc) is 2.30. The fourth-order valence-corrected chi connectivity index (χ4v) is 1.37. The van der Waals surface area contributed by atoms with Crippen LogP contribution in [0.2, 0.25) is 0 Å². The van der Waals surface area contributed by atoms with Crippen molar-refractivity contribution >= 4 is 11.7 Å². The lowest BCUT2D eigenvalue weighted by atomic mass is 10.2. The predicted molar refractivity (Wildman–Crippen MR) is 59.3 cm³/mol. The zero-order valence-corrected chi connectivity index (χ0v) is 9.03. The van der Waals surface area contributed by atoms with Crippen molar-refractivity contribution in [2.24, 2.45) is 5.84 Å². The lowest BCUT2D eigenvalue weighted by molar-refractivity contribution is 0.0773. The highest BCUT2D eigenvalue weighted by Crippen LogP contribution is 2.12. The highest BCUT2D eigenvalue weighted by molar-refractivity contribution is 5.98. The highest BCUT2D eigenvalue weighted by Gasteiger charge is 2.16. The Labute approximate surface area is 89.3 Å². The molecule has 0 saturated carbocycles. The third-order valence-corrected chi connectivity index (χ3v) is 2.23. The number of aromatic nitrogens is 1. The van der Waals surface area contributed by atoms with E-state index in [2.05, 4.69) is 10.4 Å². The predicted octanol–water partition coefficient (Wildman–Crippen LogP) is 0.849. The number of amides is 1. The van der Waals surface area contributed by atoms with Gasteiger partial charge in [-0.2, -0.15) is 0 Å². The van der Waals surface area contributed by atoms with E-state index in [9.17, 15) is 4.79 Å². The third kappa shape index (κ3) is 2.44.